The predicted octanol–water partition coefficient (Wildman–Crippen LogP) is 3.95. The fraction of sp³-hybridized carbons (Fsp3) is 0.520. The van der Waals surface area contributed by atoms with E-state index in [0.717, 1.165) is 56.6 Å². The largest absolute Gasteiger partial charge is 0.454 e. The maximum atomic E-state index is 13.0. The molecule has 2 aromatic rings. The zero-order valence-corrected chi connectivity index (χ0v) is 18.7. The molecule has 8 nitrogen and oxygen atoms in total. The SMILES string of the molecule is O=C(COCc1cc(-c2ccc3c(c2)OCO3)on1)N(CC1CC=CCC1)CC1CCCO1. The summed E-state index contributed by atoms with van der Waals surface area (Å²) in [4.78, 5) is 14.9. The molecule has 1 aliphatic carbocycles. The van der Waals surface area contributed by atoms with Crippen molar-refractivity contribution in [2.75, 3.05) is 33.1 Å². The minimum Gasteiger partial charge on any atom is -0.454 e. The maximum absolute atomic E-state index is 13.0. The van der Waals surface area contributed by atoms with Crippen LogP contribution in [0.1, 0.15) is 37.8 Å². The summed E-state index contributed by atoms with van der Waals surface area (Å²) >= 11 is 0. The van der Waals surface area contributed by atoms with Gasteiger partial charge in [0.25, 0.3) is 0 Å². The highest BCUT2D eigenvalue weighted by Crippen LogP contribution is 2.36. The Kier molecular flexibility index (Phi) is 6.92. The molecule has 0 saturated carbocycles. The van der Waals surface area contributed by atoms with Crippen LogP contribution in [-0.2, 0) is 20.9 Å². The first-order valence-corrected chi connectivity index (χ1v) is 11.7. The van der Waals surface area contributed by atoms with Crippen molar-refractivity contribution in [1.82, 2.24) is 10.1 Å². The molecule has 0 spiro atoms. The van der Waals surface area contributed by atoms with Crippen molar-refractivity contribution in [3.63, 3.8) is 0 Å². The Hall–Kier alpha value is -2.84. The van der Waals surface area contributed by atoms with E-state index in [4.69, 9.17) is 23.5 Å². The molecule has 3 heterocycles. The lowest BCUT2D eigenvalue weighted by atomic mass is 9.94. The third-order valence-electron chi connectivity index (χ3n) is 6.35. The predicted molar refractivity (Wildman–Crippen MR) is 120 cm³/mol. The highest BCUT2D eigenvalue weighted by Gasteiger charge is 2.25. The van der Waals surface area contributed by atoms with E-state index in [1.165, 1.54) is 0 Å². The minimum atomic E-state index is -0.000424. The number of hydrogen-bond acceptors (Lipinski definition) is 7. The molecule has 0 radical (unpaired) electrons. The summed E-state index contributed by atoms with van der Waals surface area (Å²) in [6.45, 7) is 2.63. The molecule has 2 aliphatic heterocycles. The molecule has 2 unspecified atom stereocenters. The van der Waals surface area contributed by atoms with Gasteiger partial charge < -0.3 is 28.4 Å². The van der Waals surface area contributed by atoms with E-state index in [2.05, 4.69) is 17.3 Å². The second-order valence-electron chi connectivity index (χ2n) is 8.83. The van der Waals surface area contributed by atoms with Crippen LogP contribution in [0.5, 0.6) is 11.5 Å². The molecule has 176 valence electrons. The Morgan fingerprint density at radius 3 is 2.91 bits per heavy atom. The molecule has 3 aliphatic rings. The number of benzene rings is 1. The molecule has 0 bridgehead atoms. The van der Waals surface area contributed by atoms with Gasteiger partial charge in [-0.1, -0.05) is 17.3 Å². The van der Waals surface area contributed by atoms with Crippen LogP contribution in [0.4, 0.5) is 0 Å². The quantitative estimate of drug-likeness (QED) is 0.531. The number of hydrogen-bond donors (Lipinski definition) is 0. The van der Waals surface area contributed by atoms with Gasteiger partial charge in [-0.3, -0.25) is 4.79 Å². The van der Waals surface area contributed by atoms with Crippen LogP contribution in [0.15, 0.2) is 40.9 Å². The maximum Gasteiger partial charge on any atom is 0.248 e. The number of carbonyl (C=O) groups excluding carboxylic acids is 1. The molecule has 1 aromatic heterocycles. The number of carbonyl (C=O) groups is 1. The van der Waals surface area contributed by atoms with Gasteiger partial charge in [0.05, 0.1) is 12.7 Å². The van der Waals surface area contributed by atoms with Crippen molar-refractivity contribution in [3.8, 4) is 22.8 Å². The smallest absolute Gasteiger partial charge is 0.248 e. The Morgan fingerprint density at radius 1 is 1.12 bits per heavy atom. The summed E-state index contributed by atoms with van der Waals surface area (Å²) in [6, 6.07) is 7.42. The minimum absolute atomic E-state index is 0.000424. The molecule has 33 heavy (non-hydrogen) atoms. The van der Waals surface area contributed by atoms with E-state index in [9.17, 15) is 4.79 Å². The second kappa shape index (κ2) is 10.4. The Labute approximate surface area is 193 Å². The molecule has 0 N–H and O–H groups in total. The first-order chi connectivity index (χ1) is 16.2. The van der Waals surface area contributed by atoms with Crippen LogP contribution < -0.4 is 9.47 Å². The van der Waals surface area contributed by atoms with Crippen molar-refractivity contribution in [2.24, 2.45) is 5.92 Å². The highest BCUT2D eigenvalue weighted by atomic mass is 16.7. The molecule has 5 rings (SSSR count). The lowest BCUT2D eigenvalue weighted by molar-refractivity contribution is -0.139. The molecule has 8 heteroatoms. The molecule has 1 fully saturated rings. The van der Waals surface area contributed by atoms with Crippen LogP contribution >= 0.6 is 0 Å². The van der Waals surface area contributed by atoms with Crippen molar-refractivity contribution >= 4 is 5.91 Å². The number of allylic oxidation sites excluding steroid dienone is 2. The molecule has 1 amide bonds. The van der Waals surface area contributed by atoms with Gasteiger partial charge in [-0.2, -0.15) is 0 Å². The molecule has 2 atom stereocenters. The summed E-state index contributed by atoms with van der Waals surface area (Å²) in [7, 11) is 0. The van der Waals surface area contributed by atoms with E-state index in [1.807, 2.05) is 29.2 Å². The van der Waals surface area contributed by atoms with Gasteiger partial charge in [-0.25, -0.2) is 0 Å². The van der Waals surface area contributed by atoms with Gasteiger partial charge in [0.1, 0.15) is 12.3 Å². The standard InChI is InChI=1S/C25H30N2O6/c28-25(27(14-21-7-4-10-30-21)13-18-5-2-1-3-6-18)16-29-15-20-12-23(33-26-20)19-8-9-22-24(11-19)32-17-31-22/h1-2,8-9,11-12,18,21H,3-7,10,13-17H2. The average molecular weight is 455 g/mol. The summed E-state index contributed by atoms with van der Waals surface area (Å²) in [6.07, 6.45) is 9.88. The van der Waals surface area contributed by atoms with Gasteiger partial charge in [-0.15, -0.1) is 0 Å². The lowest BCUT2D eigenvalue weighted by Crippen LogP contribution is -2.42. The number of nitrogens with zero attached hydrogens (tertiary/aromatic N) is 2. The first kappa shape index (κ1) is 22.0. The van der Waals surface area contributed by atoms with Crippen LogP contribution in [0.3, 0.4) is 0 Å². The topological polar surface area (TPSA) is 83.3 Å². The van der Waals surface area contributed by atoms with E-state index >= 15 is 0 Å². The van der Waals surface area contributed by atoms with Crippen LogP contribution in [-0.4, -0.2) is 55.2 Å². The van der Waals surface area contributed by atoms with Crippen LogP contribution in [0, 0.1) is 5.92 Å². The van der Waals surface area contributed by atoms with Crippen molar-refractivity contribution in [1.29, 1.82) is 0 Å². The molecular formula is C25H30N2O6. The van der Waals surface area contributed by atoms with Crippen molar-refractivity contribution < 1.29 is 28.3 Å². The summed E-state index contributed by atoms with van der Waals surface area (Å²) in [5, 5.41) is 4.08. The van der Waals surface area contributed by atoms with E-state index in [0.29, 0.717) is 29.7 Å². The number of ether oxygens (including phenoxy) is 4. The van der Waals surface area contributed by atoms with Crippen LogP contribution in [0.2, 0.25) is 0 Å². The Morgan fingerprint density at radius 2 is 2.06 bits per heavy atom. The number of fused-ring (bicyclic) bond motifs is 1. The van der Waals surface area contributed by atoms with E-state index in [1.54, 1.807) is 0 Å². The van der Waals surface area contributed by atoms with E-state index < -0.39 is 0 Å². The Bertz CT molecular complexity index is 981. The van der Waals surface area contributed by atoms with E-state index in [-0.39, 0.29) is 32.0 Å². The Balaban J connectivity index is 1.15. The van der Waals surface area contributed by atoms with Gasteiger partial charge in [0, 0.05) is 31.3 Å². The lowest BCUT2D eigenvalue weighted by Gasteiger charge is -2.30. The van der Waals surface area contributed by atoms with Gasteiger partial charge in [-0.05, 0) is 56.2 Å². The zero-order chi connectivity index (χ0) is 22.5. The summed E-state index contributed by atoms with van der Waals surface area (Å²) < 4.78 is 27.7. The van der Waals surface area contributed by atoms with Crippen molar-refractivity contribution in [2.45, 2.75) is 44.8 Å². The first-order valence-electron chi connectivity index (χ1n) is 11.7. The van der Waals surface area contributed by atoms with Gasteiger partial charge in [0.15, 0.2) is 17.3 Å². The fourth-order valence-electron chi connectivity index (χ4n) is 4.55. The fourth-order valence-corrected chi connectivity index (χ4v) is 4.55. The second-order valence-corrected chi connectivity index (χ2v) is 8.83. The third kappa shape index (κ3) is 5.57. The van der Waals surface area contributed by atoms with Crippen molar-refractivity contribution in [3.05, 3.63) is 42.1 Å². The number of rotatable bonds is 9. The highest BCUT2D eigenvalue weighted by molar-refractivity contribution is 5.77. The monoisotopic (exact) mass is 454 g/mol. The zero-order valence-electron chi connectivity index (χ0n) is 18.7. The molecule has 1 aromatic carbocycles. The summed E-state index contributed by atoms with van der Waals surface area (Å²) in [5.74, 6) is 2.52. The van der Waals surface area contributed by atoms with Gasteiger partial charge >= 0.3 is 0 Å². The number of aromatic nitrogens is 1. The summed E-state index contributed by atoms with van der Waals surface area (Å²) in [5.41, 5.74) is 1.48. The molecular weight excluding hydrogens is 424 g/mol. The average Bonchev–Trinajstić information content (AvgIpc) is 3.61. The normalized spacial score (nSPS) is 21.5. The number of amides is 1. The van der Waals surface area contributed by atoms with Gasteiger partial charge in [0.2, 0.25) is 12.7 Å². The third-order valence-corrected chi connectivity index (χ3v) is 6.35. The molecule has 1 saturated heterocycles. The van der Waals surface area contributed by atoms with Crippen LogP contribution in [0.25, 0.3) is 11.3 Å².